The molecule has 1 heterocycles. The Bertz CT molecular complexity index is 679. The average molecular weight is 300 g/mol. The summed E-state index contributed by atoms with van der Waals surface area (Å²) in [4.78, 5) is 24.1. The predicted octanol–water partition coefficient (Wildman–Crippen LogP) is 1.40. The standard InChI is InChI=1S/C16H20N4O2/c1-10-9-11(2)20(19-10)12(3)16(22)18-14(15(17)21)13-7-5-4-6-8-13/h4-9,12,14H,1-3H3,(H2,17,21)(H,18,22)/t12-,14+/m1/s1. The van der Waals surface area contributed by atoms with Gasteiger partial charge >= 0.3 is 0 Å². The van der Waals surface area contributed by atoms with Gasteiger partial charge in [-0.3, -0.25) is 14.3 Å². The number of aryl methyl sites for hydroxylation is 2. The van der Waals surface area contributed by atoms with Crippen LogP contribution >= 0.6 is 0 Å². The fraction of sp³-hybridized carbons (Fsp3) is 0.312. The van der Waals surface area contributed by atoms with E-state index in [4.69, 9.17) is 5.73 Å². The molecule has 0 aliphatic rings. The number of aromatic nitrogens is 2. The molecule has 2 atom stereocenters. The summed E-state index contributed by atoms with van der Waals surface area (Å²) >= 11 is 0. The number of nitrogens with two attached hydrogens (primary N) is 1. The van der Waals surface area contributed by atoms with Crippen LogP contribution in [-0.4, -0.2) is 21.6 Å². The van der Waals surface area contributed by atoms with Gasteiger partial charge in [-0.05, 0) is 32.4 Å². The molecule has 1 aromatic carbocycles. The summed E-state index contributed by atoms with van der Waals surface area (Å²) in [7, 11) is 0. The maximum absolute atomic E-state index is 12.4. The highest BCUT2D eigenvalue weighted by atomic mass is 16.2. The number of hydrogen-bond donors (Lipinski definition) is 2. The van der Waals surface area contributed by atoms with E-state index in [9.17, 15) is 9.59 Å². The summed E-state index contributed by atoms with van der Waals surface area (Å²) in [6, 6.07) is 9.44. The van der Waals surface area contributed by atoms with E-state index in [0.717, 1.165) is 11.4 Å². The van der Waals surface area contributed by atoms with E-state index in [1.807, 2.05) is 26.0 Å². The van der Waals surface area contributed by atoms with E-state index in [2.05, 4.69) is 10.4 Å². The van der Waals surface area contributed by atoms with Crippen molar-refractivity contribution in [3.8, 4) is 0 Å². The highest BCUT2D eigenvalue weighted by molar-refractivity contribution is 5.89. The average Bonchev–Trinajstić information content (AvgIpc) is 2.83. The molecule has 2 rings (SSSR count). The lowest BCUT2D eigenvalue weighted by Crippen LogP contribution is -2.40. The third kappa shape index (κ3) is 3.33. The van der Waals surface area contributed by atoms with E-state index in [1.54, 1.807) is 35.9 Å². The smallest absolute Gasteiger partial charge is 0.245 e. The van der Waals surface area contributed by atoms with Crippen LogP contribution in [0.3, 0.4) is 0 Å². The molecule has 1 aromatic heterocycles. The number of carbonyl (C=O) groups is 2. The minimum atomic E-state index is -0.854. The lowest BCUT2D eigenvalue weighted by Gasteiger charge is -2.20. The van der Waals surface area contributed by atoms with Gasteiger partial charge in [-0.15, -0.1) is 0 Å². The Morgan fingerprint density at radius 1 is 1.23 bits per heavy atom. The van der Waals surface area contributed by atoms with Crippen LogP contribution in [0.5, 0.6) is 0 Å². The molecule has 0 aliphatic heterocycles. The number of amides is 2. The van der Waals surface area contributed by atoms with E-state index in [0.29, 0.717) is 5.56 Å². The quantitative estimate of drug-likeness (QED) is 0.874. The van der Waals surface area contributed by atoms with Crippen molar-refractivity contribution < 1.29 is 9.59 Å². The Labute approximate surface area is 129 Å². The molecule has 6 nitrogen and oxygen atoms in total. The number of hydrogen-bond acceptors (Lipinski definition) is 3. The van der Waals surface area contributed by atoms with Crippen LogP contribution in [0.1, 0.15) is 36.0 Å². The topological polar surface area (TPSA) is 90.0 Å². The maximum Gasteiger partial charge on any atom is 0.245 e. The normalized spacial score (nSPS) is 13.4. The number of nitrogens with one attached hydrogen (secondary N) is 1. The van der Waals surface area contributed by atoms with Crippen molar-refractivity contribution >= 4 is 11.8 Å². The highest BCUT2D eigenvalue weighted by Gasteiger charge is 2.24. The second-order valence-corrected chi connectivity index (χ2v) is 5.30. The first-order valence-electron chi connectivity index (χ1n) is 7.07. The first-order valence-corrected chi connectivity index (χ1v) is 7.07. The Balaban J connectivity index is 2.18. The summed E-state index contributed by atoms with van der Waals surface area (Å²) in [6.45, 7) is 5.48. The van der Waals surface area contributed by atoms with E-state index >= 15 is 0 Å². The van der Waals surface area contributed by atoms with Gasteiger partial charge in [0.2, 0.25) is 11.8 Å². The Hall–Kier alpha value is -2.63. The number of primary amides is 1. The molecule has 22 heavy (non-hydrogen) atoms. The van der Waals surface area contributed by atoms with Gasteiger partial charge in [0.1, 0.15) is 12.1 Å². The monoisotopic (exact) mass is 300 g/mol. The zero-order valence-corrected chi connectivity index (χ0v) is 12.9. The van der Waals surface area contributed by atoms with Gasteiger partial charge in [0, 0.05) is 5.69 Å². The molecule has 3 N–H and O–H groups in total. The largest absolute Gasteiger partial charge is 0.368 e. The number of carbonyl (C=O) groups excluding carboxylic acids is 2. The molecule has 0 saturated carbocycles. The maximum atomic E-state index is 12.4. The molecule has 0 bridgehead atoms. The molecule has 6 heteroatoms. The number of nitrogens with zero attached hydrogens (tertiary/aromatic N) is 2. The van der Waals surface area contributed by atoms with Gasteiger partial charge in [-0.1, -0.05) is 30.3 Å². The predicted molar refractivity (Wildman–Crippen MR) is 82.9 cm³/mol. The molecule has 0 radical (unpaired) electrons. The molecule has 0 fully saturated rings. The first-order chi connectivity index (χ1) is 10.4. The summed E-state index contributed by atoms with van der Waals surface area (Å²) in [5.41, 5.74) is 7.79. The zero-order valence-electron chi connectivity index (χ0n) is 12.9. The molecule has 116 valence electrons. The fourth-order valence-corrected chi connectivity index (χ4v) is 2.38. The fourth-order valence-electron chi connectivity index (χ4n) is 2.38. The minimum absolute atomic E-state index is 0.307. The molecular formula is C16H20N4O2. The van der Waals surface area contributed by atoms with E-state index in [1.165, 1.54) is 0 Å². The second-order valence-electron chi connectivity index (χ2n) is 5.30. The van der Waals surface area contributed by atoms with Gasteiger partial charge in [0.25, 0.3) is 0 Å². The van der Waals surface area contributed by atoms with Gasteiger partial charge < -0.3 is 11.1 Å². The first kappa shape index (κ1) is 15.8. The van der Waals surface area contributed by atoms with Crippen LogP contribution in [0.4, 0.5) is 0 Å². The highest BCUT2D eigenvalue weighted by Crippen LogP contribution is 2.15. The second kappa shape index (κ2) is 6.43. The van der Waals surface area contributed by atoms with Crippen molar-refractivity contribution in [2.24, 2.45) is 5.73 Å². The van der Waals surface area contributed by atoms with Gasteiger partial charge in [0.05, 0.1) is 5.69 Å². The van der Waals surface area contributed by atoms with Crippen LogP contribution in [0.15, 0.2) is 36.4 Å². The van der Waals surface area contributed by atoms with E-state index < -0.39 is 18.0 Å². The molecule has 2 aromatic rings. The van der Waals surface area contributed by atoms with E-state index in [-0.39, 0.29) is 5.91 Å². The summed E-state index contributed by atoms with van der Waals surface area (Å²) in [5.74, 6) is -0.904. The molecule has 0 spiro atoms. The van der Waals surface area contributed by atoms with Crippen LogP contribution in [0, 0.1) is 13.8 Å². The van der Waals surface area contributed by atoms with Crippen LogP contribution in [0.2, 0.25) is 0 Å². The van der Waals surface area contributed by atoms with Crippen LogP contribution in [0.25, 0.3) is 0 Å². The lowest BCUT2D eigenvalue weighted by molar-refractivity contribution is -0.129. The van der Waals surface area contributed by atoms with Crippen molar-refractivity contribution in [2.75, 3.05) is 0 Å². The molecule has 0 aliphatic carbocycles. The Morgan fingerprint density at radius 3 is 2.36 bits per heavy atom. The van der Waals surface area contributed by atoms with Crippen LogP contribution < -0.4 is 11.1 Å². The van der Waals surface area contributed by atoms with Gasteiger partial charge in [-0.25, -0.2) is 0 Å². The third-order valence-corrected chi connectivity index (χ3v) is 3.49. The van der Waals surface area contributed by atoms with Crippen LogP contribution in [-0.2, 0) is 9.59 Å². The van der Waals surface area contributed by atoms with Crippen molar-refractivity contribution in [2.45, 2.75) is 32.9 Å². The molecular weight excluding hydrogens is 280 g/mol. The van der Waals surface area contributed by atoms with Crippen molar-refractivity contribution in [1.29, 1.82) is 0 Å². The van der Waals surface area contributed by atoms with Gasteiger partial charge in [0.15, 0.2) is 0 Å². The molecule has 2 amide bonds. The number of benzene rings is 1. The van der Waals surface area contributed by atoms with Crippen molar-refractivity contribution in [3.63, 3.8) is 0 Å². The Kier molecular flexibility index (Phi) is 4.60. The molecule has 0 saturated heterocycles. The van der Waals surface area contributed by atoms with Gasteiger partial charge in [-0.2, -0.15) is 5.10 Å². The molecule has 0 unspecified atom stereocenters. The summed E-state index contributed by atoms with van der Waals surface area (Å²) in [6.07, 6.45) is 0. The summed E-state index contributed by atoms with van der Waals surface area (Å²) < 4.78 is 1.63. The Morgan fingerprint density at radius 2 is 1.86 bits per heavy atom. The van der Waals surface area contributed by atoms with Crippen molar-refractivity contribution in [1.82, 2.24) is 15.1 Å². The number of rotatable bonds is 5. The summed E-state index contributed by atoms with van der Waals surface area (Å²) in [5, 5.41) is 6.99. The lowest BCUT2D eigenvalue weighted by atomic mass is 10.1. The van der Waals surface area contributed by atoms with Crippen molar-refractivity contribution in [3.05, 3.63) is 53.3 Å². The third-order valence-electron chi connectivity index (χ3n) is 3.49. The zero-order chi connectivity index (χ0) is 16.3. The minimum Gasteiger partial charge on any atom is -0.368 e. The SMILES string of the molecule is Cc1cc(C)n([C@H](C)C(=O)N[C@H](C(N)=O)c2ccccc2)n1.